The van der Waals surface area contributed by atoms with Crippen LogP contribution in [0.4, 0.5) is 10.8 Å². The zero-order chi connectivity index (χ0) is 18.6. The van der Waals surface area contributed by atoms with E-state index in [9.17, 15) is 13.2 Å². The molecule has 136 valence electrons. The van der Waals surface area contributed by atoms with Gasteiger partial charge in [0.25, 0.3) is 14.4 Å². The summed E-state index contributed by atoms with van der Waals surface area (Å²) in [5.74, 6) is -0.0928. The third kappa shape index (κ3) is 5.13. The molecule has 2 N–H and O–H groups in total. The average Bonchev–Trinajstić information content (AvgIpc) is 2.98. The number of nitrogens with zero attached hydrogens (tertiary/aromatic N) is 2. The van der Waals surface area contributed by atoms with E-state index in [2.05, 4.69) is 20.2 Å². The zero-order valence-corrected chi connectivity index (χ0v) is 15.9. The lowest BCUT2D eigenvalue weighted by atomic mass is 10.2. The van der Waals surface area contributed by atoms with E-state index in [-0.39, 0.29) is 27.4 Å². The Morgan fingerprint density at radius 3 is 2.48 bits per heavy atom. The SMILES string of the molecule is CC(C)Oc1ccccc1NS(=O)(=O)c1nnc(NC(=O)C(C)C)s1. The van der Waals surface area contributed by atoms with Gasteiger partial charge < -0.3 is 10.1 Å². The molecule has 0 aliphatic rings. The fourth-order valence-corrected chi connectivity index (χ4v) is 3.69. The van der Waals surface area contributed by atoms with Gasteiger partial charge in [-0.05, 0) is 26.0 Å². The van der Waals surface area contributed by atoms with E-state index in [1.807, 2.05) is 13.8 Å². The number of sulfonamides is 1. The minimum Gasteiger partial charge on any atom is -0.489 e. The van der Waals surface area contributed by atoms with Crippen molar-refractivity contribution >= 4 is 38.1 Å². The van der Waals surface area contributed by atoms with Gasteiger partial charge in [-0.2, -0.15) is 8.42 Å². The van der Waals surface area contributed by atoms with Gasteiger partial charge >= 0.3 is 0 Å². The van der Waals surface area contributed by atoms with Crippen LogP contribution in [-0.2, 0) is 14.8 Å². The van der Waals surface area contributed by atoms with E-state index in [0.29, 0.717) is 11.4 Å². The molecule has 1 amide bonds. The molecular weight excluding hydrogens is 364 g/mol. The summed E-state index contributed by atoms with van der Waals surface area (Å²) < 4.78 is 32.8. The van der Waals surface area contributed by atoms with Crippen LogP contribution >= 0.6 is 11.3 Å². The lowest BCUT2D eigenvalue weighted by Crippen LogP contribution is -2.17. The van der Waals surface area contributed by atoms with Crippen LogP contribution in [0.15, 0.2) is 28.6 Å². The molecule has 2 rings (SSSR count). The van der Waals surface area contributed by atoms with Crippen molar-refractivity contribution in [3.8, 4) is 5.75 Å². The largest absolute Gasteiger partial charge is 0.489 e. The Morgan fingerprint density at radius 2 is 1.84 bits per heavy atom. The van der Waals surface area contributed by atoms with Crippen LogP contribution in [0.2, 0.25) is 0 Å². The normalized spacial score (nSPS) is 11.6. The Balaban J connectivity index is 2.20. The molecule has 0 atom stereocenters. The number of carbonyl (C=O) groups is 1. The lowest BCUT2D eigenvalue weighted by Gasteiger charge is -2.14. The summed E-state index contributed by atoms with van der Waals surface area (Å²) >= 11 is 0.779. The molecule has 25 heavy (non-hydrogen) atoms. The van der Waals surface area contributed by atoms with E-state index < -0.39 is 10.0 Å². The minimum atomic E-state index is -3.94. The maximum Gasteiger partial charge on any atom is 0.291 e. The Kier molecular flexibility index (Phi) is 5.96. The highest BCUT2D eigenvalue weighted by Gasteiger charge is 2.23. The van der Waals surface area contributed by atoms with Crippen LogP contribution in [0.5, 0.6) is 5.75 Å². The number of ether oxygens (including phenoxy) is 1. The summed E-state index contributed by atoms with van der Waals surface area (Å²) in [4.78, 5) is 11.7. The third-order valence-corrected chi connectivity index (χ3v) is 5.46. The van der Waals surface area contributed by atoms with Crippen LogP contribution in [0.25, 0.3) is 0 Å². The number of para-hydroxylation sites is 2. The highest BCUT2D eigenvalue weighted by molar-refractivity contribution is 7.94. The molecule has 0 bridgehead atoms. The number of rotatable bonds is 7. The molecule has 1 aromatic carbocycles. The maximum absolute atomic E-state index is 12.5. The second kappa shape index (κ2) is 7.79. The summed E-state index contributed by atoms with van der Waals surface area (Å²) in [6.07, 6.45) is -0.106. The average molecular weight is 384 g/mol. The number of nitrogens with one attached hydrogen (secondary N) is 2. The second-order valence-electron chi connectivity index (χ2n) is 5.79. The first-order chi connectivity index (χ1) is 11.7. The summed E-state index contributed by atoms with van der Waals surface area (Å²) in [6.45, 7) is 7.14. The molecule has 2 aromatic rings. The number of anilines is 2. The van der Waals surface area contributed by atoms with Gasteiger partial charge in [-0.1, -0.05) is 37.3 Å². The van der Waals surface area contributed by atoms with E-state index >= 15 is 0 Å². The number of hydrogen-bond acceptors (Lipinski definition) is 7. The highest BCUT2D eigenvalue weighted by Crippen LogP contribution is 2.29. The summed E-state index contributed by atoms with van der Waals surface area (Å²) in [5.41, 5.74) is 0.305. The number of carbonyl (C=O) groups excluding carboxylic acids is 1. The number of benzene rings is 1. The molecule has 0 fully saturated rings. The molecule has 0 unspecified atom stereocenters. The molecule has 0 aliphatic carbocycles. The lowest BCUT2D eigenvalue weighted by molar-refractivity contribution is -0.118. The van der Waals surface area contributed by atoms with Crippen molar-refractivity contribution in [1.29, 1.82) is 0 Å². The van der Waals surface area contributed by atoms with Crippen LogP contribution in [0.3, 0.4) is 0 Å². The maximum atomic E-state index is 12.5. The molecule has 0 spiro atoms. The molecule has 0 radical (unpaired) electrons. The monoisotopic (exact) mass is 384 g/mol. The molecule has 10 heteroatoms. The zero-order valence-electron chi connectivity index (χ0n) is 14.3. The smallest absolute Gasteiger partial charge is 0.291 e. The quantitative estimate of drug-likeness (QED) is 0.710. The second-order valence-corrected chi connectivity index (χ2v) is 8.62. The molecule has 1 heterocycles. The number of aromatic nitrogens is 2. The summed E-state index contributed by atoms with van der Waals surface area (Å²) in [6, 6.07) is 6.71. The van der Waals surface area contributed by atoms with Crippen molar-refractivity contribution in [2.45, 2.75) is 38.1 Å². The Hall–Kier alpha value is -2.20. The van der Waals surface area contributed by atoms with E-state index in [1.165, 1.54) is 0 Å². The first-order valence-electron chi connectivity index (χ1n) is 7.62. The van der Waals surface area contributed by atoms with E-state index in [1.54, 1.807) is 38.1 Å². The molecule has 0 aliphatic heterocycles. The number of amides is 1. The van der Waals surface area contributed by atoms with E-state index in [4.69, 9.17) is 4.74 Å². The fraction of sp³-hybridized carbons (Fsp3) is 0.400. The van der Waals surface area contributed by atoms with Crippen molar-refractivity contribution in [2.75, 3.05) is 10.0 Å². The van der Waals surface area contributed by atoms with Gasteiger partial charge in [0.2, 0.25) is 11.0 Å². The molecule has 8 nitrogen and oxygen atoms in total. The Bertz CT molecular complexity index is 847. The van der Waals surface area contributed by atoms with Crippen molar-refractivity contribution < 1.29 is 17.9 Å². The number of hydrogen-bond donors (Lipinski definition) is 2. The van der Waals surface area contributed by atoms with Crippen molar-refractivity contribution in [3.63, 3.8) is 0 Å². The molecule has 1 aromatic heterocycles. The Labute approximate surface area is 150 Å². The van der Waals surface area contributed by atoms with Crippen LogP contribution in [0.1, 0.15) is 27.7 Å². The predicted molar refractivity (Wildman–Crippen MR) is 96.4 cm³/mol. The summed E-state index contributed by atoms with van der Waals surface area (Å²) in [5, 5.41) is 10.0. The highest BCUT2D eigenvalue weighted by atomic mass is 32.2. The summed E-state index contributed by atoms with van der Waals surface area (Å²) in [7, 11) is -3.94. The van der Waals surface area contributed by atoms with Crippen LogP contribution in [-0.4, -0.2) is 30.6 Å². The topological polar surface area (TPSA) is 110 Å². The van der Waals surface area contributed by atoms with Gasteiger partial charge in [0.1, 0.15) is 5.75 Å². The van der Waals surface area contributed by atoms with Gasteiger partial charge in [-0.3, -0.25) is 9.52 Å². The first kappa shape index (κ1) is 19.1. The van der Waals surface area contributed by atoms with Gasteiger partial charge in [0.15, 0.2) is 0 Å². The molecule has 0 saturated heterocycles. The molecule has 0 saturated carbocycles. The Morgan fingerprint density at radius 1 is 1.16 bits per heavy atom. The van der Waals surface area contributed by atoms with Crippen LogP contribution < -0.4 is 14.8 Å². The molecular formula is C15H20N4O4S2. The van der Waals surface area contributed by atoms with Gasteiger partial charge in [-0.15, -0.1) is 10.2 Å². The van der Waals surface area contributed by atoms with Gasteiger partial charge in [0, 0.05) is 5.92 Å². The fourth-order valence-electron chi connectivity index (χ4n) is 1.71. The predicted octanol–water partition coefficient (Wildman–Crippen LogP) is 2.72. The van der Waals surface area contributed by atoms with E-state index in [0.717, 1.165) is 11.3 Å². The van der Waals surface area contributed by atoms with Crippen LogP contribution in [0, 0.1) is 5.92 Å². The first-order valence-corrected chi connectivity index (χ1v) is 9.92. The minimum absolute atomic E-state index is 0.106. The third-order valence-electron chi connectivity index (χ3n) is 2.88. The van der Waals surface area contributed by atoms with Crippen molar-refractivity contribution in [2.24, 2.45) is 5.92 Å². The van der Waals surface area contributed by atoms with Crippen molar-refractivity contribution in [3.05, 3.63) is 24.3 Å². The van der Waals surface area contributed by atoms with Gasteiger partial charge in [-0.25, -0.2) is 0 Å². The van der Waals surface area contributed by atoms with Crippen molar-refractivity contribution in [1.82, 2.24) is 10.2 Å². The standard InChI is InChI=1S/C15H20N4O4S2/c1-9(2)13(20)16-14-17-18-15(24-14)25(21,22)19-11-7-5-6-8-12(11)23-10(3)4/h5-10,19H,1-4H3,(H,16,17,20). The van der Waals surface area contributed by atoms with Gasteiger partial charge in [0.05, 0.1) is 11.8 Å².